The molecule has 2 N–H and O–H groups in total. The molecule has 0 aromatic heterocycles. The molecule has 0 amide bonds. The first kappa shape index (κ1) is 16.7. The van der Waals surface area contributed by atoms with Crippen molar-refractivity contribution in [2.75, 3.05) is 19.7 Å². The average Bonchev–Trinajstić information content (AvgIpc) is 2.31. The molecule has 1 rings (SSSR count). The topological polar surface area (TPSA) is 41.5 Å². The lowest BCUT2D eigenvalue weighted by molar-refractivity contribution is -0.133. The molecule has 3 nitrogen and oxygen atoms in total. The number of hydrogen-bond donors (Lipinski definition) is 2. The quantitative estimate of drug-likeness (QED) is 0.705. The zero-order valence-electron chi connectivity index (χ0n) is 11.4. The fourth-order valence-corrected chi connectivity index (χ4v) is 2.33. The summed E-state index contributed by atoms with van der Waals surface area (Å²) in [6, 6.07) is 0. The van der Waals surface area contributed by atoms with Crippen molar-refractivity contribution in [2.24, 2.45) is 5.92 Å². The molecule has 1 aliphatic rings. The molecule has 1 saturated carbocycles. The Morgan fingerprint density at radius 1 is 1.37 bits per heavy atom. The molecular formula is C13H24F3NO2. The van der Waals surface area contributed by atoms with Gasteiger partial charge in [0.2, 0.25) is 0 Å². The second-order valence-electron chi connectivity index (χ2n) is 5.45. The maximum atomic E-state index is 11.9. The summed E-state index contributed by atoms with van der Waals surface area (Å²) in [6.45, 7) is 2.35. The Hall–Kier alpha value is -0.330. The van der Waals surface area contributed by atoms with Crippen LogP contribution in [0.4, 0.5) is 13.2 Å². The van der Waals surface area contributed by atoms with E-state index in [2.05, 4.69) is 12.2 Å². The summed E-state index contributed by atoms with van der Waals surface area (Å²) in [6.07, 6.45) is -1.19. The summed E-state index contributed by atoms with van der Waals surface area (Å²) in [5.74, 6) is 0.654. The van der Waals surface area contributed by atoms with Gasteiger partial charge in [0, 0.05) is 13.1 Å². The third-order valence-corrected chi connectivity index (χ3v) is 3.38. The Kier molecular flexibility index (Phi) is 7.10. The lowest BCUT2D eigenvalue weighted by Crippen LogP contribution is -2.34. The van der Waals surface area contributed by atoms with Gasteiger partial charge in [0.05, 0.1) is 25.2 Å². The SMILES string of the molecule is CC1CCCC(OCC(O)CNCCC(F)(F)F)C1. The van der Waals surface area contributed by atoms with Crippen LogP contribution in [-0.4, -0.2) is 43.2 Å². The van der Waals surface area contributed by atoms with Crippen LogP contribution in [0.25, 0.3) is 0 Å². The molecule has 0 spiro atoms. The summed E-state index contributed by atoms with van der Waals surface area (Å²) in [5.41, 5.74) is 0. The molecule has 114 valence electrons. The first-order chi connectivity index (χ1) is 8.87. The Morgan fingerprint density at radius 3 is 2.74 bits per heavy atom. The third kappa shape index (κ3) is 8.44. The third-order valence-electron chi connectivity index (χ3n) is 3.38. The smallest absolute Gasteiger partial charge is 0.389 e. The minimum absolute atomic E-state index is 0.137. The molecule has 0 radical (unpaired) electrons. The highest BCUT2D eigenvalue weighted by atomic mass is 19.4. The molecule has 0 aliphatic heterocycles. The van der Waals surface area contributed by atoms with Gasteiger partial charge >= 0.3 is 6.18 Å². The largest absolute Gasteiger partial charge is 0.390 e. The molecule has 0 saturated heterocycles. The van der Waals surface area contributed by atoms with E-state index in [1.165, 1.54) is 6.42 Å². The number of aliphatic hydroxyl groups is 1. The molecule has 0 heterocycles. The van der Waals surface area contributed by atoms with Crippen molar-refractivity contribution in [3.8, 4) is 0 Å². The molecule has 0 bridgehead atoms. The Labute approximate surface area is 112 Å². The Bertz CT molecular complexity index is 249. The fraction of sp³-hybridized carbons (Fsp3) is 1.00. The van der Waals surface area contributed by atoms with E-state index in [9.17, 15) is 18.3 Å². The summed E-state index contributed by atoms with van der Waals surface area (Å²) in [7, 11) is 0. The molecule has 0 aromatic carbocycles. The van der Waals surface area contributed by atoms with Gasteiger partial charge < -0.3 is 15.2 Å². The van der Waals surface area contributed by atoms with Crippen LogP contribution < -0.4 is 5.32 Å². The minimum Gasteiger partial charge on any atom is -0.389 e. The van der Waals surface area contributed by atoms with Gasteiger partial charge in [-0.1, -0.05) is 19.8 Å². The zero-order chi connectivity index (χ0) is 14.3. The van der Waals surface area contributed by atoms with Crippen molar-refractivity contribution in [1.29, 1.82) is 0 Å². The van der Waals surface area contributed by atoms with E-state index in [1.807, 2.05) is 0 Å². The van der Waals surface area contributed by atoms with E-state index in [4.69, 9.17) is 4.74 Å². The van der Waals surface area contributed by atoms with Crippen molar-refractivity contribution < 1.29 is 23.0 Å². The lowest BCUT2D eigenvalue weighted by atomic mass is 9.89. The normalized spacial score (nSPS) is 26.4. The van der Waals surface area contributed by atoms with Crippen LogP contribution in [0.5, 0.6) is 0 Å². The van der Waals surface area contributed by atoms with Crippen LogP contribution in [0.15, 0.2) is 0 Å². The summed E-state index contributed by atoms with van der Waals surface area (Å²) >= 11 is 0. The fourth-order valence-electron chi connectivity index (χ4n) is 2.33. The van der Waals surface area contributed by atoms with Crippen LogP contribution in [0.3, 0.4) is 0 Å². The summed E-state index contributed by atoms with van der Waals surface area (Å²) in [4.78, 5) is 0. The van der Waals surface area contributed by atoms with Crippen LogP contribution in [0, 0.1) is 5.92 Å². The highest BCUT2D eigenvalue weighted by Gasteiger charge is 2.26. The predicted molar refractivity (Wildman–Crippen MR) is 66.9 cm³/mol. The summed E-state index contributed by atoms with van der Waals surface area (Å²) < 4.78 is 41.2. The van der Waals surface area contributed by atoms with Gasteiger partial charge in [0.15, 0.2) is 0 Å². The van der Waals surface area contributed by atoms with E-state index >= 15 is 0 Å². The van der Waals surface area contributed by atoms with Crippen molar-refractivity contribution in [2.45, 2.75) is 57.4 Å². The first-order valence-corrected chi connectivity index (χ1v) is 6.94. The van der Waals surface area contributed by atoms with Crippen LogP contribution in [-0.2, 0) is 4.74 Å². The monoisotopic (exact) mass is 283 g/mol. The number of aliphatic hydroxyl groups excluding tert-OH is 1. The molecular weight excluding hydrogens is 259 g/mol. The van der Waals surface area contributed by atoms with Gasteiger partial charge in [0.1, 0.15) is 0 Å². The van der Waals surface area contributed by atoms with Crippen LogP contribution >= 0.6 is 0 Å². The first-order valence-electron chi connectivity index (χ1n) is 6.94. The second-order valence-corrected chi connectivity index (χ2v) is 5.45. The van der Waals surface area contributed by atoms with Crippen LogP contribution in [0.1, 0.15) is 39.0 Å². The van der Waals surface area contributed by atoms with E-state index in [1.54, 1.807) is 0 Å². The molecule has 6 heteroatoms. The second kappa shape index (κ2) is 8.07. The van der Waals surface area contributed by atoms with Crippen molar-refractivity contribution in [3.63, 3.8) is 0 Å². The Balaban J connectivity index is 2.03. The van der Waals surface area contributed by atoms with Gasteiger partial charge in [-0.25, -0.2) is 0 Å². The maximum Gasteiger partial charge on any atom is 0.390 e. The van der Waals surface area contributed by atoms with Gasteiger partial charge in [-0.3, -0.25) is 0 Å². The number of alkyl halides is 3. The van der Waals surface area contributed by atoms with E-state index in [0.717, 1.165) is 19.3 Å². The number of rotatable bonds is 7. The number of hydrogen-bond acceptors (Lipinski definition) is 3. The molecule has 19 heavy (non-hydrogen) atoms. The molecule has 0 aromatic rings. The van der Waals surface area contributed by atoms with E-state index < -0.39 is 18.7 Å². The highest BCUT2D eigenvalue weighted by molar-refractivity contribution is 4.71. The van der Waals surface area contributed by atoms with Crippen LogP contribution in [0.2, 0.25) is 0 Å². The molecule has 3 atom stereocenters. The molecule has 3 unspecified atom stereocenters. The lowest BCUT2D eigenvalue weighted by Gasteiger charge is -2.27. The number of halogens is 3. The zero-order valence-corrected chi connectivity index (χ0v) is 11.4. The van der Waals surface area contributed by atoms with E-state index in [-0.39, 0.29) is 25.8 Å². The van der Waals surface area contributed by atoms with E-state index in [0.29, 0.717) is 5.92 Å². The van der Waals surface area contributed by atoms with Gasteiger partial charge in [0.25, 0.3) is 0 Å². The number of nitrogens with one attached hydrogen (secondary N) is 1. The van der Waals surface area contributed by atoms with Gasteiger partial charge in [-0.05, 0) is 18.8 Å². The maximum absolute atomic E-state index is 11.9. The summed E-state index contributed by atoms with van der Waals surface area (Å²) in [5, 5.41) is 12.2. The Morgan fingerprint density at radius 2 is 2.11 bits per heavy atom. The van der Waals surface area contributed by atoms with Crippen molar-refractivity contribution in [1.82, 2.24) is 5.32 Å². The highest BCUT2D eigenvalue weighted by Crippen LogP contribution is 2.25. The van der Waals surface area contributed by atoms with Crippen molar-refractivity contribution >= 4 is 0 Å². The van der Waals surface area contributed by atoms with Gasteiger partial charge in [-0.2, -0.15) is 13.2 Å². The standard InChI is InChI=1S/C13H24F3NO2/c1-10-3-2-4-12(7-10)19-9-11(18)8-17-6-5-13(14,15)16/h10-12,17-18H,2-9H2,1H3. The number of ether oxygens (including phenoxy) is 1. The minimum atomic E-state index is -4.15. The molecule has 1 fully saturated rings. The molecule has 1 aliphatic carbocycles. The van der Waals surface area contributed by atoms with Crippen molar-refractivity contribution in [3.05, 3.63) is 0 Å². The predicted octanol–water partition coefficient (Wildman–Crippen LogP) is 2.48. The average molecular weight is 283 g/mol. The van der Waals surface area contributed by atoms with Gasteiger partial charge in [-0.15, -0.1) is 0 Å².